The second-order valence-corrected chi connectivity index (χ2v) is 4.92. The third kappa shape index (κ3) is 3.95. The summed E-state index contributed by atoms with van der Waals surface area (Å²) in [5.41, 5.74) is 0.334. The van der Waals surface area contributed by atoms with E-state index in [2.05, 4.69) is 5.32 Å². The minimum atomic E-state index is -0.903. The molecule has 0 saturated heterocycles. The Morgan fingerprint density at radius 3 is 2.68 bits per heavy atom. The average Bonchev–Trinajstić information content (AvgIpc) is 2.47. The maximum Gasteiger partial charge on any atom is 0.310 e. The fourth-order valence-electron chi connectivity index (χ4n) is 1.76. The van der Waals surface area contributed by atoms with Gasteiger partial charge >= 0.3 is 5.69 Å². The second-order valence-electron chi connectivity index (χ2n) is 4.48. The molecular weight excluding hydrogens is 308 g/mol. The molecule has 0 spiro atoms. The van der Waals surface area contributed by atoms with Gasteiger partial charge in [0.25, 0.3) is 5.91 Å². The van der Waals surface area contributed by atoms with E-state index >= 15 is 0 Å². The van der Waals surface area contributed by atoms with Crippen molar-refractivity contribution < 1.29 is 14.5 Å². The van der Waals surface area contributed by atoms with E-state index in [-0.39, 0.29) is 11.4 Å². The lowest BCUT2D eigenvalue weighted by molar-refractivity contribution is -0.386. The molecule has 0 aliphatic rings. The number of benzene rings is 2. The fraction of sp³-hybridized carbons (Fsp3) is 0.133. The van der Waals surface area contributed by atoms with Crippen LogP contribution >= 0.6 is 11.6 Å². The predicted octanol–water partition coefficient (Wildman–Crippen LogP) is 3.65. The molecule has 0 saturated carbocycles. The van der Waals surface area contributed by atoms with E-state index < -0.39 is 16.9 Å². The van der Waals surface area contributed by atoms with Gasteiger partial charge in [0.05, 0.1) is 4.92 Å². The summed E-state index contributed by atoms with van der Waals surface area (Å²) < 4.78 is 5.38. The van der Waals surface area contributed by atoms with Crippen LogP contribution in [0.3, 0.4) is 0 Å². The molecule has 0 bridgehead atoms. The molecule has 2 rings (SSSR count). The zero-order valence-electron chi connectivity index (χ0n) is 11.7. The zero-order valence-corrected chi connectivity index (χ0v) is 12.4. The number of nitro groups is 1. The largest absolute Gasteiger partial charge is 0.474 e. The first-order chi connectivity index (χ1) is 10.5. The van der Waals surface area contributed by atoms with Gasteiger partial charge in [0, 0.05) is 16.8 Å². The Labute approximate surface area is 131 Å². The number of anilines is 1. The molecule has 0 radical (unpaired) electrons. The highest BCUT2D eigenvalue weighted by Gasteiger charge is 2.20. The molecule has 0 heterocycles. The normalized spacial score (nSPS) is 11.5. The summed E-state index contributed by atoms with van der Waals surface area (Å²) in [4.78, 5) is 22.4. The topological polar surface area (TPSA) is 81.5 Å². The van der Waals surface area contributed by atoms with Crippen molar-refractivity contribution in [3.05, 3.63) is 63.7 Å². The first-order valence-electron chi connectivity index (χ1n) is 6.44. The van der Waals surface area contributed by atoms with Gasteiger partial charge in [0.15, 0.2) is 11.9 Å². The van der Waals surface area contributed by atoms with E-state index in [0.717, 1.165) is 0 Å². The van der Waals surface area contributed by atoms with Crippen LogP contribution in [0.2, 0.25) is 5.02 Å². The number of rotatable bonds is 5. The molecule has 1 amide bonds. The smallest absolute Gasteiger partial charge is 0.310 e. The highest BCUT2D eigenvalue weighted by Crippen LogP contribution is 2.27. The number of hydrogen-bond acceptors (Lipinski definition) is 4. The summed E-state index contributed by atoms with van der Waals surface area (Å²) in [7, 11) is 0. The predicted molar refractivity (Wildman–Crippen MR) is 83.3 cm³/mol. The number of ether oxygens (including phenoxy) is 1. The summed E-state index contributed by atoms with van der Waals surface area (Å²) in [6.07, 6.45) is -0.903. The monoisotopic (exact) mass is 320 g/mol. The lowest BCUT2D eigenvalue weighted by atomic mass is 10.2. The molecule has 0 aliphatic heterocycles. The molecule has 0 aromatic heterocycles. The molecule has 0 fully saturated rings. The molecular formula is C15H13ClN2O4. The number of nitrogens with zero attached hydrogens (tertiary/aromatic N) is 1. The Hall–Kier alpha value is -2.60. The first-order valence-corrected chi connectivity index (χ1v) is 6.81. The molecule has 1 N–H and O–H groups in total. The van der Waals surface area contributed by atoms with Gasteiger partial charge in [-0.05, 0) is 31.2 Å². The summed E-state index contributed by atoms with van der Waals surface area (Å²) in [5, 5.41) is 14.0. The van der Waals surface area contributed by atoms with Crippen LogP contribution in [0.4, 0.5) is 11.4 Å². The van der Waals surface area contributed by atoms with Crippen LogP contribution in [-0.4, -0.2) is 16.9 Å². The molecule has 6 nitrogen and oxygen atoms in total. The van der Waals surface area contributed by atoms with Crippen molar-refractivity contribution in [2.24, 2.45) is 0 Å². The molecule has 0 aliphatic carbocycles. The summed E-state index contributed by atoms with van der Waals surface area (Å²) in [6, 6.07) is 12.6. The SMILES string of the molecule is C[C@H](Oc1ccccc1[N+](=O)[O-])C(=O)Nc1cccc(Cl)c1. The van der Waals surface area contributed by atoms with Gasteiger partial charge in [0.2, 0.25) is 0 Å². The third-order valence-electron chi connectivity index (χ3n) is 2.83. The van der Waals surface area contributed by atoms with Crippen molar-refractivity contribution in [2.45, 2.75) is 13.0 Å². The molecule has 7 heteroatoms. The number of hydrogen-bond donors (Lipinski definition) is 1. The lowest BCUT2D eigenvalue weighted by Crippen LogP contribution is -2.30. The number of nitro benzene ring substituents is 1. The molecule has 2 aromatic carbocycles. The average molecular weight is 321 g/mol. The van der Waals surface area contributed by atoms with E-state index in [4.69, 9.17) is 16.3 Å². The van der Waals surface area contributed by atoms with Crippen LogP contribution in [0.25, 0.3) is 0 Å². The molecule has 114 valence electrons. The van der Waals surface area contributed by atoms with Gasteiger partial charge in [-0.25, -0.2) is 0 Å². The van der Waals surface area contributed by atoms with Crippen molar-refractivity contribution in [3.63, 3.8) is 0 Å². The van der Waals surface area contributed by atoms with E-state index in [9.17, 15) is 14.9 Å². The maximum atomic E-state index is 12.1. The second kappa shape index (κ2) is 6.91. The summed E-state index contributed by atoms with van der Waals surface area (Å²) >= 11 is 5.84. The van der Waals surface area contributed by atoms with Gasteiger partial charge in [-0.1, -0.05) is 29.8 Å². The van der Waals surface area contributed by atoms with Crippen LogP contribution in [0, 0.1) is 10.1 Å². The van der Waals surface area contributed by atoms with Crippen molar-refractivity contribution >= 4 is 28.9 Å². The summed E-state index contributed by atoms with van der Waals surface area (Å²) in [5.74, 6) is -0.387. The van der Waals surface area contributed by atoms with Crippen LogP contribution in [0.1, 0.15) is 6.92 Å². The van der Waals surface area contributed by atoms with Crippen molar-refractivity contribution in [1.82, 2.24) is 0 Å². The molecule has 0 unspecified atom stereocenters. The number of amides is 1. The van der Waals surface area contributed by atoms with E-state index in [1.807, 2.05) is 0 Å². The van der Waals surface area contributed by atoms with Gasteiger partial charge in [-0.3, -0.25) is 14.9 Å². The van der Waals surface area contributed by atoms with Crippen LogP contribution in [0.5, 0.6) is 5.75 Å². The van der Waals surface area contributed by atoms with Gasteiger partial charge < -0.3 is 10.1 Å². The first kappa shape index (κ1) is 15.8. The van der Waals surface area contributed by atoms with Crippen molar-refractivity contribution in [3.8, 4) is 5.75 Å². The Bertz CT molecular complexity index is 705. The Kier molecular flexibility index (Phi) is 4.95. The van der Waals surface area contributed by atoms with E-state index in [1.165, 1.54) is 25.1 Å². The quantitative estimate of drug-likeness (QED) is 0.673. The Morgan fingerprint density at radius 1 is 1.27 bits per heavy atom. The molecule has 22 heavy (non-hydrogen) atoms. The number of carbonyl (C=O) groups excluding carboxylic acids is 1. The standard InChI is InChI=1S/C15H13ClN2O4/c1-10(15(19)17-12-6-4-5-11(16)9-12)22-14-8-3-2-7-13(14)18(20)21/h2-10H,1H3,(H,17,19)/t10-/m0/s1. The lowest BCUT2D eigenvalue weighted by Gasteiger charge is -2.14. The van der Waals surface area contributed by atoms with Crippen LogP contribution in [0.15, 0.2) is 48.5 Å². The van der Waals surface area contributed by atoms with Crippen LogP contribution in [-0.2, 0) is 4.79 Å². The van der Waals surface area contributed by atoms with Crippen LogP contribution < -0.4 is 10.1 Å². The highest BCUT2D eigenvalue weighted by molar-refractivity contribution is 6.30. The van der Waals surface area contributed by atoms with Gasteiger partial charge in [-0.2, -0.15) is 0 Å². The maximum absolute atomic E-state index is 12.1. The number of carbonyl (C=O) groups is 1. The number of para-hydroxylation sites is 2. The minimum Gasteiger partial charge on any atom is -0.474 e. The Balaban J connectivity index is 2.07. The minimum absolute atomic E-state index is 0.0428. The van der Waals surface area contributed by atoms with Gasteiger partial charge in [-0.15, -0.1) is 0 Å². The summed E-state index contributed by atoms with van der Waals surface area (Å²) in [6.45, 7) is 1.51. The van der Waals surface area contributed by atoms with Crippen molar-refractivity contribution in [1.29, 1.82) is 0 Å². The van der Waals surface area contributed by atoms with E-state index in [1.54, 1.807) is 30.3 Å². The van der Waals surface area contributed by atoms with Gasteiger partial charge in [0.1, 0.15) is 0 Å². The number of nitrogens with one attached hydrogen (secondary N) is 1. The zero-order chi connectivity index (χ0) is 16.1. The molecule has 2 aromatic rings. The van der Waals surface area contributed by atoms with Crippen molar-refractivity contribution in [2.75, 3.05) is 5.32 Å². The Morgan fingerprint density at radius 2 is 2.00 bits per heavy atom. The number of halogens is 1. The molecule has 1 atom stereocenters. The highest BCUT2D eigenvalue weighted by atomic mass is 35.5. The van der Waals surface area contributed by atoms with E-state index in [0.29, 0.717) is 10.7 Å². The fourth-order valence-corrected chi connectivity index (χ4v) is 1.95. The third-order valence-corrected chi connectivity index (χ3v) is 3.06.